The van der Waals surface area contributed by atoms with E-state index in [1.165, 1.54) is 82.2 Å². The smallest absolute Gasteiger partial charge is 0.0627 e. The van der Waals surface area contributed by atoms with Gasteiger partial charge in [-0.15, -0.1) is 0 Å². The van der Waals surface area contributed by atoms with Crippen LogP contribution in [0.2, 0.25) is 0 Å². The molecule has 9 aromatic carbocycles. The van der Waals surface area contributed by atoms with Crippen molar-refractivity contribution in [3.63, 3.8) is 0 Å². The van der Waals surface area contributed by atoms with Crippen LogP contribution in [0.1, 0.15) is 63.8 Å². The van der Waals surface area contributed by atoms with E-state index < -0.39 is 0 Å². The first-order valence-corrected chi connectivity index (χ1v) is 23.0. The number of nitrogens with zero attached hydrogens (tertiary/aromatic N) is 3. The molecule has 0 fully saturated rings. The Morgan fingerprint density at radius 2 is 0.862 bits per heavy atom. The van der Waals surface area contributed by atoms with E-state index in [4.69, 9.17) is 0 Å². The number of aromatic nitrogens is 1. The summed E-state index contributed by atoms with van der Waals surface area (Å²) in [4.78, 5) is 4.82. The highest BCUT2D eigenvalue weighted by molar-refractivity contribution is 6.33. The summed E-state index contributed by atoms with van der Waals surface area (Å²) in [5.74, 6) is 0. The molecule has 3 heteroatoms. The third kappa shape index (κ3) is 6.89. The third-order valence-corrected chi connectivity index (χ3v) is 13.5. The van der Waals surface area contributed by atoms with Crippen LogP contribution in [0.4, 0.5) is 34.1 Å². The zero-order chi connectivity index (χ0) is 44.8. The molecule has 0 aliphatic rings. The van der Waals surface area contributed by atoms with Crippen molar-refractivity contribution in [1.29, 1.82) is 0 Å². The molecule has 65 heavy (non-hydrogen) atoms. The molecule has 2 aromatic heterocycles. The summed E-state index contributed by atoms with van der Waals surface area (Å²) in [6, 6.07) is 70.5. The average Bonchev–Trinajstić information content (AvgIpc) is 3.82. The first kappa shape index (κ1) is 40.4. The SMILES string of the molecule is Cc1ccc(N(c2ccc(C(C)(C)C)cc2)c2ccc3cc4c5ccc(N(c6ccc(C)cc6)c6ccc(C(C)(C)C)cc6)cc5n5c6cccc(-c7ccccc7)c6c(c3c2)c45)cc1. The first-order chi connectivity index (χ1) is 31.3. The van der Waals surface area contributed by atoms with Crippen LogP contribution >= 0.6 is 0 Å². The summed E-state index contributed by atoms with van der Waals surface area (Å²) in [5.41, 5.74) is 18.2. The number of hydrogen-bond acceptors (Lipinski definition) is 2. The second-order valence-electron chi connectivity index (χ2n) is 20.1. The Hall–Kier alpha value is -7.36. The molecule has 0 aliphatic heterocycles. The second kappa shape index (κ2) is 15.1. The zero-order valence-corrected chi connectivity index (χ0v) is 38.7. The minimum absolute atomic E-state index is 0.0609. The molecule has 3 nitrogen and oxygen atoms in total. The van der Waals surface area contributed by atoms with Gasteiger partial charge in [-0.1, -0.05) is 156 Å². The zero-order valence-electron chi connectivity index (χ0n) is 38.7. The lowest BCUT2D eigenvalue weighted by molar-refractivity contribution is 0.590. The normalized spacial score (nSPS) is 12.3. The number of fused-ring (bicyclic) bond motifs is 8. The second-order valence-corrected chi connectivity index (χ2v) is 20.1. The van der Waals surface area contributed by atoms with Crippen molar-refractivity contribution >= 4 is 83.0 Å². The summed E-state index contributed by atoms with van der Waals surface area (Å²) >= 11 is 0. The standard InChI is InChI=1S/C62H55N3/c1-40-17-26-46(27-18-40)63(48-31-22-44(23-32-48)61(3,4)5)50-30-21-43-37-55-53-36-35-51(64(47-28-19-41(2)20-29-47)49-33-24-45(25-34-49)62(6,7)8)39-57(53)65-56-16-12-15-52(42-13-10-9-11-14-42)58(56)59(60(55)65)54(43)38-50/h9-39H,1-8H3. The summed E-state index contributed by atoms with van der Waals surface area (Å²) in [6.45, 7) is 18.0. The van der Waals surface area contributed by atoms with E-state index in [-0.39, 0.29) is 10.8 Å². The molecule has 0 amide bonds. The van der Waals surface area contributed by atoms with Crippen LogP contribution in [-0.4, -0.2) is 4.40 Å². The van der Waals surface area contributed by atoms with Crippen LogP contribution in [0, 0.1) is 13.8 Å². The predicted molar refractivity (Wildman–Crippen MR) is 280 cm³/mol. The molecule has 2 heterocycles. The maximum Gasteiger partial charge on any atom is 0.0627 e. The highest BCUT2D eigenvalue weighted by Crippen LogP contribution is 2.49. The fourth-order valence-corrected chi connectivity index (χ4v) is 10.00. The fraction of sp³-hybridized carbons (Fsp3) is 0.161. The largest absolute Gasteiger partial charge is 0.310 e. The summed E-state index contributed by atoms with van der Waals surface area (Å²) in [5, 5.41) is 7.54. The average molecular weight is 842 g/mol. The number of rotatable bonds is 7. The van der Waals surface area contributed by atoms with Crippen molar-refractivity contribution in [1.82, 2.24) is 4.40 Å². The van der Waals surface area contributed by atoms with Gasteiger partial charge in [0.2, 0.25) is 0 Å². The van der Waals surface area contributed by atoms with E-state index in [0.29, 0.717) is 0 Å². The number of hydrogen-bond donors (Lipinski definition) is 0. The van der Waals surface area contributed by atoms with E-state index >= 15 is 0 Å². The Bertz CT molecular complexity index is 3530. The minimum atomic E-state index is 0.0609. The Morgan fingerprint density at radius 3 is 1.40 bits per heavy atom. The predicted octanol–water partition coefficient (Wildman–Crippen LogP) is 17.8. The van der Waals surface area contributed by atoms with Gasteiger partial charge in [0.05, 0.1) is 16.6 Å². The van der Waals surface area contributed by atoms with Gasteiger partial charge in [-0.3, -0.25) is 0 Å². The molecular formula is C62H55N3. The molecule has 0 saturated carbocycles. The number of anilines is 6. The van der Waals surface area contributed by atoms with Crippen molar-refractivity contribution in [3.8, 4) is 11.1 Å². The van der Waals surface area contributed by atoms with E-state index in [0.717, 1.165) is 34.1 Å². The molecule has 11 rings (SSSR count). The minimum Gasteiger partial charge on any atom is -0.310 e. The maximum atomic E-state index is 2.55. The van der Waals surface area contributed by atoms with Crippen LogP contribution < -0.4 is 9.80 Å². The molecule has 0 saturated heterocycles. The molecule has 318 valence electrons. The molecule has 0 N–H and O–H groups in total. The van der Waals surface area contributed by atoms with Gasteiger partial charge in [0.15, 0.2) is 0 Å². The van der Waals surface area contributed by atoms with Crippen LogP contribution in [0.15, 0.2) is 188 Å². The quantitative estimate of drug-likeness (QED) is 0.158. The molecular weight excluding hydrogens is 787 g/mol. The summed E-state index contributed by atoms with van der Waals surface area (Å²) in [6.07, 6.45) is 0. The maximum absolute atomic E-state index is 2.55. The van der Waals surface area contributed by atoms with Gasteiger partial charge in [0.25, 0.3) is 0 Å². The van der Waals surface area contributed by atoms with Crippen LogP contribution in [0.25, 0.3) is 60.0 Å². The van der Waals surface area contributed by atoms with Crippen LogP contribution in [-0.2, 0) is 10.8 Å². The number of aryl methyl sites for hydroxylation is 2. The van der Waals surface area contributed by atoms with E-state index in [9.17, 15) is 0 Å². The van der Waals surface area contributed by atoms with Crippen LogP contribution in [0.3, 0.4) is 0 Å². The Morgan fingerprint density at radius 1 is 0.369 bits per heavy atom. The van der Waals surface area contributed by atoms with Crippen LogP contribution in [0.5, 0.6) is 0 Å². The Labute approximate surface area is 383 Å². The van der Waals surface area contributed by atoms with E-state index in [1.54, 1.807) is 0 Å². The summed E-state index contributed by atoms with van der Waals surface area (Å²) in [7, 11) is 0. The van der Waals surface area contributed by atoms with Crippen molar-refractivity contribution in [2.45, 2.75) is 66.2 Å². The van der Waals surface area contributed by atoms with Crippen molar-refractivity contribution in [3.05, 3.63) is 210 Å². The monoisotopic (exact) mass is 841 g/mol. The topological polar surface area (TPSA) is 10.9 Å². The lowest BCUT2D eigenvalue weighted by Crippen LogP contribution is -2.13. The Balaban J connectivity index is 1.19. The van der Waals surface area contributed by atoms with Crippen molar-refractivity contribution in [2.75, 3.05) is 9.80 Å². The van der Waals surface area contributed by atoms with Gasteiger partial charge in [0, 0.05) is 55.7 Å². The molecule has 0 unspecified atom stereocenters. The third-order valence-electron chi connectivity index (χ3n) is 13.5. The Kier molecular flexibility index (Phi) is 9.41. The van der Waals surface area contributed by atoms with Gasteiger partial charge in [-0.05, 0) is 143 Å². The van der Waals surface area contributed by atoms with Gasteiger partial charge < -0.3 is 14.2 Å². The molecule has 11 aromatic rings. The van der Waals surface area contributed by atoms with Gasteiger partial charge in [-0.2, -0.15) is 0 Å². The van der Waals surface area contributed by atoms with E-state index in [1.807, 2.05) is 0 Å². The van der Waals surface area contributed by atoms with Gasteiger partial charge in [-0.25, -0.2) is 0 Å². The first-order valence-electron chi connectivity index (χ1n) is 23.0. The molecule has 0 bridgehead atoms. The molecule has 0 radical (unpaired) electrons. The van der Waals surface area contributed by atoms with Gasteiger partial charge >= 0.3 is 0 Å². The lowest BCUT2D eigenvalue weighted by atomic mass is 9.87. The lowest BCUT2D eigenvalue weighted by Gasteiger charge is -2.27. The number of benzene rings is 9. The van der Waals surface area contributed by atoms with Crippen molar-refractivity contribution in [2.24, 2.45) is 0 Å². The highest BCUT2D eigenvalue weighted by Gasteiger charge is 2.25. The highest BCUT2D eigenvalue weighted by atomic mass is 15.1. The fourth-order valence-electron chi connectivity index (χ4n) is 10.00. The summed E-state index contributed by atoms with van der Waals surface area (Å²) < 4.78 is 2.55. The van der Waals surface area contributed by atoms with E-state index in [2.05, 4.69) is 258 Å². The molecule has 0 spiro atoms. The van der Waals surface area contributed by atoms with Gasteiger partial charge in [0.1, 0.15) is 0 Å². The molecule has 0 atom stereocenters. The van der Waals surface area contributed by atoms with Crippen molar-refractivity contribution < 1.29 is 0 Å². The molecule has 0 aliphatic carbocycles.